The monoisotopic (exact) mass is 570 g/mol. The molecule has 0 bridgehead atoms. The molecule has 3 heterocycles. The van der Waals surface area contributed by atoms with E-state index in [4.69, 9.17) is 15.7 Å². The van der Waals surface area contributed by atoms with Crippen LogP contribution in [0.4, 0.5) is 20.4 Å². The number of fused-ring (bicyclic) bond motifs is 1. The summed E-state index contributed by atoms with van der Waals surface area (Å²) in [6, 6.07) is 11.5. The minimum absolute atomic E-state index is 0.0841. The molecular weight excluding hydrogens is 538 g/mol. The summed E-state index contributed by atoms with van der Waals surface area (Å²) >= 11 is 0. The number of hydrogen-bond donors (Lipinski definition) is 2. The molecule has 3 aromatic heterocycles. The smallest absolute Gasteiger partial charge is 0.229 e. The zero-order chi connectivity index (χ0) is 30.0. The molecule has 3 N–H and O–H groups in total. The van der Waals surface area contributed by atoms with Crippen molar-refractivity contribution in [3.63, 3.8) is 0 Å². The lowest BCUT2D eigenvalue weighted by Crippen LogP contribution is -2.46. The topological polar surface area (TPSA) is 138 Å². The summed E-state index contributed by atoms with van der Waals surface area (Å²) in [5.41, 5.74) is 7.90. The van der Waals surface area contributed by atoms with Crippen LogP contribution in [0.1, 0.15) is 57.1 Å². The Morgan fingerprint density at radius 1 is 1.14 bits per heavy atom. The van der Waals surface area contributed by atoms with Crippen LogP contribution in [0, 0.1) is 40.2 Å². The lowest BCUT2D eigenvalue weighted by Gasteiger charge is -2.39. The fourth-order valence-corrected chi connectivity index (χ4v) is 5.68. The van der Waals surface area contributed by atoms with Gasteiger partial charge in [-0.2, -0.15) is 20.1 Å². The van der Waals surface area contributed by atoms with Gasteiger partial charge >= 0.3 is 0 Å². The highest BCUT2D eigenvalue weighted by Gasteiger charge is 2.36. The maximum absolute atomic E-state index is 15.2. The van der Waals surface area contributed by atoms with Crippen LogP contribution in [0.2, 0.25) is 0 Å². The zero-order valence-corrected chi connectivity index (χ0v) is 23.7. The molecule has 1 aromatic carbocycles. The van der Waals surface area contributed by atoms with Crippen molar-refractivity contribution in [3.8, 4) is 23.4 Å². The minimum Gasteiger partial charge on any atom is -0.375 e. The number of anilines is 2. The molecule has 0 saturated heterocycles. The molecule has 0 amide bonds. The molecular formula is C31H32F2N8O. The zero-order valence-electron chi connectivity index (χ0n) is 23.7. The average Bonchev–Trinajstić information content (AvgIpc) is 3.36. The van der Waals surface area contributed by atoms with Crippen LogP contribution < -0.4 is 11.1 Å². The van der Waals surface area contributed by atoms with Gasteiger partial charge in [0.05, 0.1) is 71.5 Å². The van der Waals surface area contributed by atoms with Crippen LogP contribution in [-0.4, -0.2) is 38.3 Å². The summed E-state index contributed by atoms with van der Waals surface area (Å²) in [5.74, 6) is -0.936. The number of rotatable bonds is 8. The van der Waals surface area contributed by atoms with Crippen molar-refractivity contribution in [1.82, 2.24) is 19.6 Å². The fourth-order valence-electron chi connectivity index (χ4n) is 5.68. The Balaban J connectivity index is 1.43. The number of nitrogens with two attached hydrogens (primary N) is 1. The molecule has 0 aliphatic heterocycles. The maximum atomic E-state index is 15.2. The van der Waals surface area contributed by atoms with Gasteiger partial charge in [0.25, 0.3) is 0 Å². The number of aromatic nitrogens is 4. The molecule has 1 fully saturated rings. The quantitative estimate of drug-likeness (QED) is 0.255. The van der Waals surface area contributed by atoms with E-state index >= 15 is 8.78 Å². The number of ether oxygens (including phenoxy) is 1. The number of imidazole rings is 1. The van der Waals surface area contributed by atoms with Gasteiger partial charge < -0.3 is 15.8 Å². The fraction of sp³-hybridized carbons (Fsp3) is 0.387. The molecule has 4 atom stereocenters. The summed E-state index contributed by atoms with van der Waals surface area (Å²) < 4.78 is 37.8. The Hall–Kier alpha value is -4.45. The molecule has 4 unspecified atom stereocenters. The first kappa shape index (κ1) is 29.1. The van der Waals surface area contributed by atoms with Crippen LogP contribution in [0.5, 0.6) is 0 Å². The summed E-state index contributed by atoms with van der Waals surface area (Å²) in [6.45, 7) is 5.68. The number of nitriles is 2. The second-order valence-corrected chi connectivity index (χ2v) is 11.3. The van der Waals surface area contributed by atoms with Crippen molar-refractivity contribution < 1.29 is 13.5 Å². The third-order valence-corrected chi connectivity index (χ3v) is 7.94. The number of nitrogens with zero attached hydrogens (tertiary/aromatic N) is 6. The van der Waals surface area contributed by atoms with E-state index in [1.807, 2.05) is 6.07 Å². The van der Waals surface area contributed by atoms with Gasteiger partial charge in [0.1, 0.15) is 11.6 Å². The van der Waals surface area contributed by atoms with Gasteiger partial charge in [-0.3, -0.25) is 4.98 Å². The molecule has 9 nitrogen and oxygen atoms in total. The molecule has 42 heavy (non-hydrogen) atoms. The molecule has 0 spiro atoms. The normalized spacial score (nSPS) is 20.7. The standard InChI is InChI=1S/C31H32F2N8O/c1-18-11-19(12-25(36)29(18)42-10-4-8-34)22-7-9-37-16-27(22)39-30-38-15-21-5-6-26(40-41(21)30)28-23(32)13-20(14-24(28)33)31(2,3)17-35/h5-7,9,13-16,18-19,25,29H,4,10-12,36H2,1-3H3,(H,38,39). The molecule has 1 saturated carbocycles. The SMILES string of the molecule is CC1CC(c2ccncc2Nc2ncc3ccc(-c4c(F)cc(C(C)(C)C#N)cc4F)nn23)CC(N)C1OCCC#N. The van der Waals surface area contributed by atoms with Crippen molar-refractivity contribution in [2.75, 3.05) is 11.9 Å². The van der Waals surface area contributed by atoms with E-state index in [9.17, 15) is 5.26 Å². The number of benzene rings is 1. The maximum Gasteiger partial charge on any atom is 0.229 e. The third-order valence-electron chi connectivity index (χ3n) is 7.94. The van der Waals surface area contributed by atoms with Gasteiger partial charge in [0.2, 0.25) is 5.95 Å². The molecule has 216 valence electrons. The van der Waals surface area contributed by atoms with E-state index in [1.54, 1.807) is 38.5 Å². The number of hydrogen-bond acceptors (Lipinski definition) is 8. The lowest BCUT2D eigenvalue weighted by molar-refractivity contribution is -0.0198. The highest BCUT2D eigenvalue weighted by atomic mass is 19.1. The van der Waals surface area contributed by atoms with E-state index in [1.165, 1.54) is 22.7 Å². The van der Waals surface area contributed by atoms with Crippen molar-refractivity contribution in [2.24, 2.45) is 11.7 Å². The van der Waals surface area contributed by atoms with Gasteiger partial charge in [-0.05, 0) is 80.0 Å². The second kappa shape index (κ2) is 11.8. The Morgan fingerprint density at radius 3 is 2.60 bits per heavy atom. The first-order chi connectivity index (χ1) is 20.1. The average molecular weight is 571 g/mol. The highest BCUT2D eigenvalue weighted by molar-refractivity contribution is 5.66. The highest BCUT2D eigenvalue weighted by Crippen LogP contribution is 2.40. The first-order valence-electron chi connectivity index (χ1n) is 13.8. The summed E-state index contributed by atoms with van der Waals surface area (Å²) in [7, 11) is 0. The number of halogens is 2. The van der Waals surface area contributed by atoms with E-state index in [2.05, 4.69) is 39.4 Å². The first-order valence-corrected chi connectivity index (χ1v) is 13.8. The lowest BCUT2D eigenvalue weighted by atomic mass is 9.74. The van der Waals surface area contributed by atoms with Crippen LogP contribution in [0.15, 0.2) is 48.9 Å². The predicted octanol–water partition coefficient (Wildman–Crippen LogP) is 5.75. The van der Waals surface area contributed by atoms with Crippen LogP contribution in [0.25, 0.3) is 16.8 Å². The number of pyridine rings is 1. The van der Waals surface area contributed by atoms with Crippen LogP contribution >= 0.6 is 0 Å². The largest absolute Gasteiger partial charge is 0.375 e. The van der Waals surface area contributed by atoms with Gasteiger partial charge in [-0.25, -0.2) is 13.8 Å². The van der Waals surface area contributed by atoms with E-state index in [0.29, 0.717) is 30.9 Å². The minimum atomic E-state index is -1.05. The van der Waals surface area contributed by atoms with E-state index < -0.39 is 17.0 Å². The van der Waals surface area contributed by atoms with Gasteiger partial charge in [0, 0.05) is 12.2 Å². The molecule has 5 rings (SSSR count). The summed E-state index contributed by atoms with van der Waals surface area (Å²) in [5, 5.41) is 26.1. The van der Waals surface area contributed by atoms with Crippen LogP contribution in [-0.2, 0) is 10.2 Å². The van der Waals surface area contributed by atoms with E-state index in [0.717, 1.165) is 17.7 Å². The van der Waals surface area contributed by atoms with Crippen molar-refractivity contribution in [1.29, 1.82) is 10.5 Å². The molecule has 1 aliphatic carbocycles. The Labute approximate surface area is 243 Å². The van der Waals surface area contributed by atoms with Crippen molar-refractivity contribution in [3.05, 3.63) is 71.7 Å². The van der Waals surface area contributed by atoms with Crippen LogP contribution in [0.3, 0.4) is 0 Å². The van der Waals surface area contributed by atoms with Gasteiger partial charge in [0.15, 0.2) is 0 Å². The third kappa shape index (κ3) is 5.67. The number of nitrogens with one attached hydrogen (secondary N) is 1. The predicted molar refractivity (Wildman–Crippen MR) is 154 cm³/mol. The molecule has 11 heteroatoms. The Morgan fingerprint density at radius 2 is 1.90 bits per heavy atom. The molecule has 4 aromatic rings. The summed E-state index contributed by atoms with van der Waals surface area (Å²) in [6.07, 6.45) is 6.80. The van der Waals surface area contributed by atoms with Crippen molar-refractivity contribution in [2.45, 2.75) is 63.5 Å². The molecule has 0 radical (unpaired) electrons. The van der Waals surface area contributed by atoms with Gasteiger partial charge in [-0.15, -0.1) is 0 Å². The second-order valence-electron chi connectivity index (χ2n) is 11.3. The summed E-state index contributed by atoms with van der Waals surface area (Å²) in [4.78, 5) is 8.76. The Kier molecular flexibility index (Phi) is 8.17. The van der Waals surface area contributed by atoms with Crippen molar-refractivity contribution >= 4 is 17.2 Å². The molecule has 1 aliphatic rings. The van der Waals surface area contributed by atoms with E-state index in [-0.39, 0.29) is 40.8 Å². The Bertz CT molecular complexity index is 1650. The van der Waals surface area contributed by atoms with Gasteiger partial charge in [-0.1, -0.05) is 6.92 Å².